The van der Waals surface area contributed by atoms with E-state index in [9.17, 15) is 4.79 Å². The third-order valence-electron chi connectivity index (χ3n) is 3.27. The molecule has 108 valence electrons. The Bertz CT molecular complexity index is 924. The van der Waals surface area contributed by atoms with Crippen LogP contribution in [0.25, 0.3) is 5.65 Å². The smallest absolute Gasteiger partial charge is 0.274 e. The number of nitrogens with zero attached hydrogens (tertiary/aromatic N) is 3. The molecule has 3 aromatic rings. The number of hydrogen-bond acceptors (Lipinski definition) is 3. The number of nitriles is 1. The highest BCUT2D eigenvalue weighted by Crippen LogP contribution is 2.19. The molecule has 6 heteroatoms. The first-order chi connectivity index (χ1) is 10.6. The SMILES string of the molecule is Cc1nc2ccc(Br)cn2c1C(=O)Nc1ccccc1C#N. The summed E-state index contributed by atoms with van der Waals surface area (Å²) in [4.78, 5) is 17.0. The van der Waals surface area contributed by atoms with Crippen LogP contribution < -0.4 is 5.32 Å². The van der Waals surface area contributed by atoms with E-state index in [1.165, 1.54) is 0 Å². The van der Waals surface area contributed by atoms with Gasteiger partial charge in [0, 0.05) is 10.7 Å². The van der Waals surface area contributed by atoms with Gasteiger partial charge in [-0.2, -0.15) is 5.26 Å². The van der Waals surface area contributed by atoms with Crippen molar-refractivity contribution in [3.8, 4) is 6.07 Å². The lowest BCUT2D eigenvalue weighted by Crippen LogP contribution is -2.16. The van der Waals surface area contributed by atoms with Crippen molar-refractivity contribution in [2.75, 3.05) is 5.32 Å². The largest absolute Gasteiger partial charge is 0.319 e. The van der Waals surface area contributed by atoms with Gasteiger partial charge in [-0.3, -0.25) is 9.20 Å². The van der Waals surface area contributed by atoms with Gasteiger partial charge in [0.15, 0.2) is 0 Å². The summed E-state index contributed by atoms with van der Waals surface area (Å²) in [5.41, 5.74) is 2.68. The van der Waals surface area contributed by atoms with Crippen molar-refractivity contribution in [2.45, 2.75) is 6.92 Å². The van der Waals surface area contributed by atoms with Gasteiger partial charge in [-0.15, -0.1) is 0 Å². The highest BCUT2D eigenvalue weighted by atomic mass is 79.9. The number of anilines is 1. The van der Waals surface area contributed by atoms with Crippen LogP contribution in [0.4, 0.5) is 5.69 Å². The normalized spacial score (nSPS) is 10.4. The highest BCUT2D eigenvalue weighted by Gasteiger charge is 2.17. The summed E-state index contributed by atoms with van der Waals surface area (Å²) in [6.07, 6.45) is 1.79. The second-order valence-corrected chi connectivity index (χ2v) is 5.65. The van der Waals surface area contributed by atoms with Gasteiger partial charge in [0.05, 0.1) is 16.9 Å². The number of hydrogen-bond donors (Lipinski definition) is 1. The fourth-order valence-corrected chi connectivity index (χ4v) is 2.62. The Morgan fingerprint density at radius 1 is 1.32 bits per heavy atom. The van der Waals surface area contributed by atoms with E-state index in [0.717, 1.165) is 4.47 Å². The maximum atomic E-state index is 12.6. The number of aromatic nitrogens is 2. The molecule has 1 amide bonds. The van der Waals surface area contributed by atoms with Crippen LogP contribution in [0.3, 0.4) is 0 Å². The quantitative estimate of drug-likeness (QED) is 0.765. The number of halogens is 1. The van der Waals surface area contributed by atoms with Crippen LogP contribution >= 0.6 is 15.9 Å². The van der Waals surface area contributed by atoms with E-state index in [1.807, 2.05) is 12.1 Å². The van der Waals surface area contributed by atoms with Crippen LogP contribution in [0.15, 0.2) is 47.1 Å². The molecule has 0 spiro atoms. The van der Waals surface area contributed by atoms with Crippen molar-refractivity contribution in [1.82, 2.24) is 9.38 Å². The number of rotatable bonds is 2. The van der Waals surface area contributed by atoms with Crippen LogP contribution in [0.5, 0.6) is 0 Å². The van der Waals surface area contributed by atoms with E-state index >= 15 is 0 Å². The Kier molecular flexibility index (Phi) is 3.65. The molecule has 0 radical (unpaired) electrons. The Morgan fingerprint density at radius 3 is 2.86 bits per heavy atom. The minimum atomic E-state index is -0.300. The molecule has 0 unspecified atom stereocenters. The molecule has 5 nitrogen and oxygen atoms in total. The van der Waals surface area contributed by atoms with Crippen molar-refractivity contribution in [3.05, 3.63) is 64.0 Å². The zero-order valence-corrected chi connectivity index (χ0v) is 13.3. The second kappa shape index (κ2) is 5.62. The van der Waals surface area contributed by atoms with E-state index in [1.54, 1.807) is 41.8 Å². The minimum Gasteiger partial charge on any atom is -0.319 e. The molecule has 0 fully saturated rings. The number of amides is 1. The fraction of sp³-hybridized carbons (Fsp3) is 0.0625. The number of imidazole rings is 1. The third-order valence-corrected chi connectivity index (χ3v) is 3.74. The standard InChI is InChI=1S/C16H11BrN4O/c1-10-15(21-9-12(17)6-7-14(21)19-10)16(22)20-13-5-3-2-4-11(13)8-18/h2-7,9H,1H3,(H,20,22). The van der Waals surface area contributed by atoms with Gasteiger partial charge in [-0.25, -0.2) is 4.98 Å². The Hall–Kier alpha value is -2.65. The maximum absolute atomic E-state index is 12.6. The number of pyridine rings is 1. The van der Waals surface area contributed by atoms with Crippen molar-refractivity contribution < 1.29 is 4.79 Å². The lowest BCUT2D eigenvalue weighted by Gasteiger charge is -2.07. The molecule has 2 aromatic heterocycles. The third kappa shape index (κ3) is 2.47. The van der Waals surface area contributed by atoms with Gasteiger partial charge in [0.2, 0.25) is 0 Å². The van der Waals surface area contributed by atoms with Gasteiger partial charge in [-0.1, -0.05) is 12.1 Å². The zero-order valence-electron chi connectivity index (χ0n) is 11.7. The number of benzene rings is 1. The zero-order chi connectivity index (χ0) is 15.7. The molecule has 22 heavy (non-hydrogen) atoms. The lowest BCUT2D eigenvalue weighted by atomic mass is 10.2. The van der Waals surface area contributed by atoms with E-state index < -0.39 is 0 Å². The molecule has 0 aliphatic heterocycles. The maximum Gasteiger partial charge on any atom is 0.274 e. The Morgan fingerprint density at radius 2 is 2.09 bits per heavy atom. The molecule has 1 aromatic carbocycles. The van der Waals surface area contributed by atoms with Crippen molar-refractivity contribution in [3.63, 3.8) is 0 Å². The summed E-state index contributed by atoms with van der Waals surface area (Å²) in [6, 6.07) is 12.6. The van der Waals surface area contributed by atoms with Crippen LogP contribution in [-0.4, -0.2) is 15.3 Å². The number of aryl methyl sites for hydroxylation is 1. The monoisotopic (exact) mass is 354 g/mol. The van der Waals surface area contributed by atoms with E-state index in [4.69, 9.17) is 5.26 Å². The van der Waals surface area contributed by atoms with Crippen molar-refractivity contribution in [2.24, 2.45) is 0 Å². The van der Waals surface area contributed by atoms with Gasteiger partial charge in [0.25, 0.3) is 5.91 Å². The predicted molar refractivity (Wildman–Crippen MR) is 86.7 cm³/mol. The summed E-state index contributed by atoms with van der Waals surface area (Å²) in [6.45, 7) is 1.78. The first kappa shape index (κ1) is 14.3. The summed E-state index contributed by atoms with van der Waals surface area (Å²) in [7, 11) is 0. The van der Waals surface area contributed by atoms with Crippen molar-refractivity contribution >= 4 is 33.2 Å². The molecular formula is C16H11BrN4O. The number of carbonyl (C=O) groups is 1. The minimum absolute atomic E-state index is 0.300. The number of para-hydroxylation sites is 1. The molecule has 3 rings (SSSR count). The summed E-state index contributed by atoms with van der Waals surface area (Å²) < 4.78 is 2.58. The van der Waals surface area contributed by atoms with Crippen LogP contribution in [-0.2, 0) is 0 Å². The first-order valence-electron chi connectivity index (χ1n) is 6.55. The molecule has 0 saturated carbocycles. The molecule has 0 bridgehead atoms. The number of nitrogens with one attached hydrogen (secondary N) is 1. The molecule has 0 saturated heterocycles. The predicted octanol–water partition coefficient (Wildman–Crippen LogP) is 3.53. The van der Waals surface area contributed by atoms with Crippen LogP contribution in [0, 0.1) is 18.3 Å². The highest BCUT2D eigenvalue weighted by molar-refractivity contribution is 9.10. The number of fused-ring (bicyclic) bond motifs is 1. The van der Waals surface area contributed by atoms with Gasteiger partial charge < -0.3 is 5.32 Å². The molecule has 0 aliphatic rings. The Balaban J connectivity index is 2.04. The van der Waals surface area contributed by atoms with E-state index in [-0.39, 0.29) is 5.91 Å². The molecule has 0 aliphatic carbocycles. The summed E-state index contributed by atoms with van der Waals surface area (Å²) in [5.74, 6) is -0.300. The average Bonchev–Trinajstić information content (AvgIpc) is 2.83. The topological polar surface area (TPSA) is 70.2 Å². The van der Waals surface area contributed by atoms with Crippen LogP contribution in [0.2, 0.25) is 0 Å². The van der Waals surface area contributed by atoms with Crippen LogP contribution in [0.1, 0.15) is 21.7 Å². The first-order valence-corrected chi connectivity index (χ1v) is 7.34. The molecular weight excluding hydrogens is 344 g/mol. The van der Waals surface area contributed by atoms with Gasteiger partial charge in [0.1, 0.15) is 17.4 Å². The van der Waals surface area contributed by atoms with E-state index in [0.29, 0.717) is 28.3 Å². The molecule has 2 heterocycles. The fourth-order valence-electron chi connectivity index (χ4n) is 2.28. The second-order valence-electron chi connectivity index (χ2n) is 4.73. The molecule has 1 N–H and O–H groups in total. The average molecular weight is 355 g/mol. The summed E-state index contributed by atoms with van der Waals surface area (Å²) in [5, 5.41) is 11.9. The van der Waals surface area contributed by atoms with E-state index in [2.05, 4.69) is 32.3 Å². The number of carbonyl (C=O) groups excluding carboxylic acids is 1. The van der Waals surface area contributed by atoms with Gasteiger partial charge >= 0.3 is 0 Å². The lowest BCUT2D eigenvalue weighted by molar-refractivity contribution is 0.102. The Labute approximate surface area is 135 Å². The molecule has 0 atom stereocenters. The summed E-state index contributed by atoms with van der Waals surface area (Å²) >= 11 is 3.39. The van der Waals surface area contributed by atoms with Crippen molar-refractivity contribution in [1.29, 1.82) is 5.26 Å². The van der Waals surface area contributed by atoms with Gasteiger partial charge in [-0.05, 0) is 47.1 Å².